The SMILES string of the molecule is COc1cc([C@@H](N)CCCN)cc(C(F)(F)F)c1. The van der Waals surface area contributed by atoms with E-state index in [4.69, 9.17) is 16.2 Å². The van der Waals surface area contributed by atoms with Crippen LogP contribution in [0, 0.1) is 0 Å². The van der Waals surface area contributed by atoms with Crippen LogP contribution in [0.4, 0.5) is 13.2 Å². The third kappa shape index (κ3) is 3.89. The quantitative estimate of drug-likeness (QED) is 0.856. The molecule has 0 unspecified atom stereocenters. The molecule has 18 heavy (non-hydrogen) atoms. The fourth-order valence-electron chi connectivity index (χ4n) is 1.62. The average molecular weight is 262 g/mol. The highest BCUT2D eigenvalue weighted by atomic mass is 19.4. The van der Waals surface area contributed by atoms with Crippen molar-refractivity contribution in [1.29, 1.82) is 0 Å². The Balaban J connectivity index is 3.04. The van der Waals surface area contributed by atoms with E-state index in [2.05, 4.69) is 0 Å². The Labute approximate surface area is 104 Å². The molecule has 0 aromatic heterocycles. The number of alkyl halides is 3. The van der Waals surface area contributed by atoms with Crippen LogP contribution in [0.25, 0.3) is 0 Å². The number of rotatable bonds is 5. The van der Waals surface area contributed by atoms with Gasteiger partial charge in [0, 0.05) is 6.04 Å². The first-order valence-corrected chi connectivity index (χ1v) is 5.60. The van der Waals surface area contributed by atoms with Crippen molar-refractivity contribution < 1.29 is 17.9 Å². The number of hydrogen-bond donors (Lipinski definition) is 2. The van der Waals surface area contributed by atoms with Crippen LogP contribution >= 0.6 is 0 Å². The molecular weight excluding hydrogens is 245 g/mol. The highest BCUT2D eigenvalue weighted by Gasteiger charge is 2.31. The maximum atomic E-state index is 12.7. The number of halogens is 3. The summed E-state index contributed by atoms with van der Waals surface area (Å²) in [5, 5.41) is 0. The largest absolute Gasteiger partial charge is 0.497 e. The molecule has 0 bridgehead atoms. The predicted octanol–water partition coefficient (Wildman–Crippen LogP) is 2.45. The van der Waals surface area contributed by atoms with E-state index in [1.807, 2.05) is 0 Å². The molecule has 0 aliphatic carbocycles. The molecule has 1 aromatic rings. The van der Waals surface area contributed by atoms with Gasteiger partial charge < -0.3 is 16.2 Å². The van der Waals surface area contributed by atoms with E-state index >= 15 is 0 Å². The van der Waals surface area contributed by atoms with Gasteiger partial charge >= 0.3 is 6.18 Å². The summed E-state index contributed by atoms with van der Waals surface area (Å²) in [6.07, 6.45) is -3.20. The third-order valence-corrected chi connectivity index (χ3v) is 2.64. The Morgan fingerprint density at radius 1 is 1.28 bits per heavy atom. The minimum Gasteiger partial charge on any atom is -0.497 e. The molecule has 0 saturated carbocycles. The predicted molar refractivity (Wildman–Crippen MR) is 63.2 cm³/mol. The molecule has 0 radical (unpaired) electrons. The second kappa shape index (κ2) is 6.06. The molecule has 0 spiro atoms. The first-order valence-electron chi connectivity index (χ1n) is 5.60. The van der Waals surface area contributed by atoms with E-state index in [1.165, 1.54) is 13.2 Å². The topological polar surface area (TPSA) is 61.3 Å². The second-order valence-corrected chi connectivity index (χ2v) is 4.03. The Kier molecular flexibility index (Phi) is 4.98. The van der Waals surface area contributed by atoms with Crippen LogP contribution in [-0.4, -0.2) is 13.7 Å². The van der Waals surface area contributed by atoms with Crippen molar-refractivity contribution in [3.63, 3.8) is 0 Å². The van der Waals surface area contributed by atoms with Gasteiger partial charge in [0.1, 0.15) is 5.75 Å². The summed E-state index contributed by atoms with van der Waals surface area (Å²) in [5.41, 5.74) is 10.9. The van der Waals surface area contributed by atoms with Gasteiger partial charge in [-0.15, -0.1) is 0 Å². The molecule has 0 saturated heterocycles. The molecule has 0 aliphatic rings. The van der Waals surface area contributed by atoms with E-state index < -0.39 is 17.8 Å². The Hall–Kier alpha value is -1.27. The minimum atomic E-state index is -4.41. The summed E-state index contributed by atoms with van der Waals surface area (Å²) in [5.74, 6) is 0.156. The van der Waals surface area contributed by atoms with Gasteiger partial charge in [-0.3, -0.25) is 0 Å². The highest BCUT2D eigenvalue weighted by Crippen LogP contribution is 2.34. The van der Waals surface area contributed by atoms with Crippen LogP contribution in [0.1, 0.15) is 30.0 Å². The fourth-order valence-corrected chi connectivity index (χ4v) is 1.62. The van der Waals surface area contributed by atoms with Gasteiger partial charge in [-0.25, -0.2) is 0 Å². The van der Waals surface area contributed by atoms with Gasteiger partial charge in [-0.1, -0.05) is 0 Å². The van der Waals surface area contributed by atoms with Gasteiger partial charge in [0.25, 0.3) is 0 Å². The number of benzene rings is 1. The summed E-state index contributed by atoms with van der Waals surface area (Å²) in [6, 6.07) is 3.07. The molecule has 3 nitrogen and oxygen atoms in total. The van der Waals surface area contributed by atoms with Crippen molar-refractivity contribution in [2.45, 2.75) is 25.1 Å². The fraction of sp³-hybridized carbons (Fsp3) is 0.500. The van der Waals surface area contributed by atoms with E-state index in [0.29, 0.717) is 24.9 Å². The monoisotopic (exact) mass is 262 g/mol. The lowest BCUT2D eigenvalue weighted by Crippen LogP contribution is -2.14. The van der Waals surface area contributed by atoms with Gasteiger partial charge in [0.15, 0.2) is 0 Å². The molecule has 0 heterocycles. The summed E-state index contributed by atoms with van der Waals surface area (Å²) < 4.78 is 42.9. The van der Waals surface area contributed by atoms with Gasteiger partial charge in [0.2, 0.25) is 0 Å². The van der Waals surface area contributed by atoms with Crippen LogP contribution in [0.5, 0.6) is 5.75 Å². The zero-order valence-corrected chi connectivity index (χ0v) is 10.1. The molecule has 6 heteroatoms. The first-order chi connectivity index (χ1) is 8.38. The second-order valence-electron chi connectivity index (χ2n) is 4.03. The summed E-state index contributed by atoms with van der Waals surface area (Å²) in [7, 11) is 1.32. The Morgan fingerprint density at radius 2 is 1.94 bits per heavy atom. The molecule has 102 valence electrons. The molecule has 1 atom stereocenters. The van der Waals surface area contributed by atoms with Crippen LogP contribution in [-0.2, 0) is 6.18 Å². The lowest BCUT2D eigenvalue weighted by Gasteiger charge is -2.16. The highest BCUT2D eigenvalue weighted by molar-refractivity contribution is 5.37. The summed E-state index contributed by atoms with van der Waals surface area (Å²) >= 11 is 0. The molecule has 0 amide bonds. The normalized spacial score (nSPS) is 13.4. The van der Waals surface area contributed by atoms with E-state index in [-0.39, 0.29) is 5.75 Å². The van der Waals surface area contributed by atoms with Crippen molar-refractivity contribution in [3.05, 3.63) is 29.3 Å². The van der Waals surface area contributed by atoms with Crippen molar-refractivity contribution in [3.8, 4) is 5.75 Å². The molecular formula is C12H17F3N2O. The van der Waals surface area contributed by atoms with Gasteiger partial charge in [0.05, 0.1) is 12.7 Å². The van der Waals surface area contributed by atoms with Crippen LogP contribution in [0.2, 0.25) is 0 Å². The maximum Gasteiger partial charge on any atom is 0.416 e. The Morgan fingerprint density at radius 3 is 2.44 bits per heavy atom. The van der Waals surface area contributed by atoms with Crippen molar-refractivity contribution in [2.75, 3.05) is 13.7 Å². The Bertz CT molecular complexity index is 393. The van der Waals surface area contributed by atoms with Gasteiger partial charge in [-0.2, -0.15) is 13.2 Å². The zero-order chi connectivity index (χ0) is 13.8. The molecule has 1 aromatic carbocycles. The van der Waals surface area contributed by atoms with Crippen LogP contribution in [0.3, 0.4) is 0 Å². The number of methoxy groups -OCH3 is 1. The molecule has 0 aliphatic heterocycles. The maximum absolute atomic E-state index is 12.7. The standard InChI is InChI=1S/C12H17F3N2O/c1-18-10-6-8(11(17)3-2-4-16)5-9(7-10)12(13,14)15/h5-7,11H,2-4,16-17H2,1H3/t11-/m0/s1. The van der Waals surface area contributed by atoms with E-state index in [1.54, 1.807) is 0 Å². The molecule has 0 fully saturated rings. The summed E-state index contributed by atoms with van der Waals surface area (Å²) in [6.45, 7) is 0.462. The first kappa shape index (κ1) is 14.8. The molecule has 4 N–H and O–H groups in total. The van der Waals surface area contributed by atoms with E-state index in [0.717, 1.165) is 12.1 Å². The summed E-state index contributed by atoms with van der Waals surface area (Å²) in [4.78, 5) is 0. The zero-order valence-electron chi connectivity index (χ0n) is 10.1. The van der Waals surface area contributed by atoms with E-state index in [9.17, 15) is 13.2 Å². The van der Waals surface area contributed by atoms with Crippen molar-refractivity contribution >= 4 is 0 Å². The van der Waals surface area contributed by atoms with Crippen molar-refractivity contribution in [2.24, 2.45) is 11.5 Å². The minimum absolute atomic E-state index is 0.156. The molecule has 1 rings (SSSR count). The average Bonchev–Trinajstić information content (AvgIpc) is 2.34. The third-order valence-electron chi connectivity index (χ3n) is 2.64. The lowest BCUT2D eigenvalue weighted by atomic mass is 10.00. The van der Waals surface area contributed by atoms with Crippen LogP contribution in [0.15, 0.2) is 18.2 Å². The number of hydrogen-bond acceptors (Lipinski definition) is 3. The smallest absolute Gasteiger partial charge is 0.416 e. The number of nitrogens with two attached hydrogens (primary N) is 2. The van der Waals surface area contributed by atoms with Crippen molar-refractivity contribution in [1.82, 2.24) is 0 Å². The lowest BCUT2D eigenvalue weighted by molar-refractivity contribution is -0.137. The number of ether oxygens (including phenoxy) is 1. The van der Waals surface area contributed by atoms with Gasteiger partial charge in [-0.05, 0) is 43.1 Å². The van der Waals surface area contributed by atoms with Crippen LogP contribution < -0.4 is 16.2 Å².